The molecule has 0 saturated carbocycles. The molecule has 0 unspecified atom stereocenters. The van der Waals surface area contributed by atoms with E-state index in [-0.39, 0.29) is 37.2 Å². The van der Waals surface area contributed by atoms with Crippen molar-refractivity contribution < 1.29 is 19.1 Å². The number of amides is 2. The predicted octanol–water partition coefficient (Wildman–Crippen LogP) is 0.0652. The van der Waals surface area contributed by atoms with Crippen LogP contribution in [0.25, 0.3) is 0 Å². The van der Waals surface area contributed by atoms with Crippen molar-refractivity contribution in [3.8, 4) is 5.75 Å². The molecule has 2 amide bonds. The van der Waals surface area contributed by atoms with Crippen molar-refractivity contribution in [2.75, 3.05) is 53.5 Å². The summed E-state index contributed by atoms with van der Waals surface area (Å²) in [5, 5.41) is 0. The Bertz CT molecular complexity index is 608. The van der Waals surface area contributed by atoms with Gasteiger partial charge < -0.3 is 24.2 Å². The van der Waals surface area contributed by atoms with Gasteiger partial charge in [-0.2, -0.15) is 0 Å². The number of likely N-dealkylation sites (tertiary alicyclic amines) is 1. The van der Waals surface area contributed by atoms with Gasteiger partial charge in [-0.15, -0.1) is 0 Å². The van der Waals surface area contributed by atoms with Gasteiger partial charge in [0.1, 0.15) is 12.4 Å². The molecule has 2 saturated heterocycles. The molecule has 2 heterocycles. The van der Waals surface area contributed by atoms with E-state index < -0.39 is 0 Å². The number of carbonyl (C=O) groups excluding carboxylic acids is 2. The maximum Gasteiger partial charge on any atom is 0.260 e. The van der Waals surface area contributed by atoms with E-state index in [0.29, 0.717) is 25.4 Å². The first-order chi connectivity index (χ1) is 12.0. The van der Waals surface area contributed by atoms with Crippen LogP contribution in [0, 0.1) is 0 Å². The molecule has 25 heavy (non-hydrogen) atoms. The molecule has 0 aliphatic carbocycles. The van der Waals surface area contributed by atoms with Gasteiger partial charge in [-0.25, -0.2) is 0 Å². The topological polar surface area (TPSA) is 62.3 Å². The van der Waals surface area contributed by atoms with E-state index >= 15 is 0 Å². The second-order valence-corrected chi connectivity index (χ2v) is 6.71. The van der Waals surface area contributed by atoms with Crippen molar-refractivity contribution in [2.24, 2.45) is 0 Å². The van der Waals surface area contributed by atoms with Gasteiger partial charge in [0.15, 0.2) is 6.61 Å². The SMILES string of the molecule is CN(C)CCN1C(=O)CO[C@@H]2CN(C(=O)COc3ccccc3)C[C@H]21. The van der Waals surface area contributed by atoms with E-state index in [9.17, 15) is 9.59 Å². The summed E-state index contributed by atoms with van der Waals surface area (Å²) in [6, 6.07) is 9.21. The molecule has 7 heteroatoms. The maximum absolute atomic E-state index is 12.5. The van der Waals surface area contributed by atoms with Gasteiger partial charge in [0.2, 0.25) is 5.91 Å². The molecule has 2 aliphatic rings. The Kier molecular flexibility index (Phi) is 5.55. The standard InChI is InChI=1S/C18H25N3O4/c1-19(2)8-9-21-15-10-20(11-16(15)25-13-18(21)23)17(22)12-24-14-6-4-3-5-7-14/h3-7,15-16H,8-13H2,1-2H3/t15-,16-/m1/s1. The van der Waals surface area contributed by atoms with Crippen LogP contribution in [0.1, 0.15) is 0 Å². The predicted molar refractivity (Wildman–Crippen MR) is 92.3 cm³/mol. The third kappa shape index (κ3) is 4.29. The Balaban J connectivity index is 1.57. The molecule has 3 rings (SSSR count). The average Bonchev–Trinajstić information content (AvgIpc) is 3.04. The maximum atomic E-state index is 12.5. The summed E-state index contributed by atoms with van der Waals surface area (Å²) in [5.41, 5.74) is 0. The Hall–Kier alpha value is -2.12. The number of hydrogen-bond acceptors (Lipinski definition) is 5. The van der Waals surface area contributed by atoms with Crippen molar-refractivity contribution in [1.82, 2.24) is 14.7 Å². The van der Waals surface area contributed by atoms with E-state index in [1.807, 2.05) is 54.2 Å². The van der Waals surface area contributed by atoms with Gasteiger partial charge in [-0.1, -0.05) is 18.2 Å². The van der Waals surface area contributed by atoms with Crippen molar-refractivity contribution in [3.63, 3.8) is 0 Å². The summed E-state index contributed by atoms with van der Waals surface area (Å²) in [7, 11) is 3.96. The average molecular weight is 347 g/mol. The van der Waals surface area contributed by atoms with Crippen molar-refractivity contribution in [2.45, 2.75) is 12.1 Å². The number of rotatable bonds is 6. The molecule has 2 fully saturated rings. The number of morpholine rings is 1. The van der Waals surface area contributed by atoms with E-state index in [4.69, 9.17) is 9.47 Å². The number of likely N-dealkylation sites (N-methyl/N-ethyl adjacent to an activating group) is 1. The van der Waals surface area contributed by atoms with Crippen LogP contribution in [0.3, 0.4) is 0 Å². The summed E-state index contributed by atoms with van der Waals surface area (Å²) >= 11 is 0. The normalized spacial score (nSPS) is 23.1. The van der Waals surface area contributed by atoms with Crippen LogP contribution >= 0.6 is 0 Å². The van der Waals surface area contributed by atoms with Gasteiger partial charge >= 0.3 is 0 Å². The van der Waals surface area contributed by atoms with E-state index in [1.165, 1.54) is 0 Å². The summed E-state index contributed by atoms with van der Waals surface area (Å²) in [4.78, 5) is 30.3. The van der Waals surface area contributed by atoms with Crippen molar-refractivity contribution in [1.29, 1.82) is 0 Å². The number of nitrogens with zero attached hydrogens (tertiary/aromatic N) is 3. The zero-order valence-corrected chi connectivity index (χ0v) is 14.8. The van der Waals surface area contributed by atoms with Crippen LogP contribution in [-0.4, -0.2) is 92.1 Å². The summed E-state index contributed by atoms with van der Waals surface area (Å²) in [5.74, 6) is 0.589. The summed E-state index contributed by atoms with van der Waals surface area (Å²) in [6.45, 7) is 2.54. The van der Waals surface area contributed by atoms with Crippen LogP contribution < -0.4 is 4.74 Å². The molecule has 136 valence electrons. The third-order valence-electron chi connectivity index (χ3n) is 4.62. The fourth-order valence-electron chi connectivity index (χ4n) is 3.22. The first-order valence-electron chi connectivity index (χ1n) is 8.56. The molecule has 0 radical (unpaired) electrons. The highest BCUT2D eigenvalue weighted by Crippen LogP contribution is 2.23. The van der Waals surface area contributed by atoms with Crippen LogP contribution in [0.5, 0.6) is 5.75 Å². The minimum atomic E-state index is -0.111. The quantitative estimate of drug-likeness (QED) is 0.729. The number of para-hydroxylation sites is 1. The second kappa shape index (κ2) is 7.84. The Labute approximate surface area is 148 Å². The largest absolute Gasteiger partial charge is 0.484 e. The lowest BCUT2D eigenvalue weighted by molar-refractivity contribution is -0.153. The number of fused-ring (bicyclic) bond motifs is 1. The van der Waals surface area contributed by atoms with Gasteiger partial charge in [0, 0.05) is 26.2 Å². The monoisotopic (exact) mass is 347 g/mol. The van der Waals surface area contributed by atoms with Crippen LogP contribution in [0.15, 0.2) is 30.3 Å². The minimum Gasteiger partial charge on any atom is -0.484 e. The lowest BCUT2D eigenvalue weighted by atomic mass is 10.1. The highest BCUT2D eigenvalue weighted by Gasteiger charge is 2.44. The van der Waals surface area contributed by atoms with E-state index in [1.54, 1.807) is 4.90 Å². The first-order valence-corrected chi connectivity index (χ1v) is 8.56. The zero-order valence-electron chi connectivity index (χ0n) is 14.8. The smallest absolute Gasteiger partial charge is 0.260 e. The molecule has 0 spiro atoms. The number of hydrogen-bond donors (Lipinski definition) is 0. The summed E-state index contributed by atoms with van der Waals surface area (Å²) < 4.78 is 11.2. The Morgan fingerprint density at radius 1 is 1.28 bits per heavy atom. The molecule has 0 bridgehead atoms. The highest BCUT2D eigenvalue weighted by atomic mass is 16.5. The van der Waals surface area contributed by atoms with Gasteiger partial charge in [-0.3, -0.25) is 9.59 Å². The van der Waals surface area contributed by atoms with Crippen LogP contribution in [0.2, 0.25) is 0 Å². The van der Waals surface area contributed by atoms with E-state index in [2.05, 4.69) is 0 Å². The number of ether oxygens (including phenoxy) is 2. The van der Waals surface area contributed by atoms with Gasteiger partial charge in [0.05, 0.1) is 12.1 Å². The van der Waals surface area contributed by atoms with Gasteiger partial charge in [0.25, 0.3) is 5.91 Å². The Morgan fingerprint density at radius 3 is 2.76 bits per heavy atom. The molecule has 0 N–H and O–H groups in total. The fraction of sp³-hybridized carbons (Fsp3) is 0.556. The third-order valence-corrected chi connectivity index (χ3v) is 4.62. The first kappa shape index (κ1) is 17.7. The lowest BCUT2D eigenvalue weighted by Crippen LogP contribution is -2.55. The lowest BCUT2D eigenvalue weighted by Gasteiger charge is -2.37. The Morgan fingerprint density at radius 2 is 2.04 bits per heavy atom. The zero-order chi connectivity index (χ0) is 17.8. The van der Waals surface area contributed by atoms with Crippen LogP contribution in [0.4, 0.5) is 0 Å². The molecular weight excluding hydrogens is 322 g/mol. The molecule has 2 atom stereocenters. The molecule has 7 nitrogen and oxygen atoms in total. The summed E-state index contributed by atoms with van der Waals surface area (Å²) in [6.07, 6.45) is -0.111. The van der Waals surface area contributed by atoms with Crippen molar-refractivity contribution >= 4 is 11.8 Å². The fourth-order valence-corrected chi connectivity index (χ4v) is 3.22. The molecule has 2 aliphatic heterocycles. The van der Waals surface area contributed by atoms with E-state index in [0.717, 1.165) is 6.54 Å². The molecular formula is C18H25N3O4. The van der Waals surface area contributed by atoms with Crippen LogP contribution in [-0.2, 0) is 14.3 Å². The van der Waals surface area contributed by atoms with Crippen molar-refractivity contribution in [3.05, 3.63) is 30.3 Å². The second-order valence-electron chi connectivity index (χ2n) is 6.71. The number of carbonyl (C=O) groups is 2. The highest BCUT2D eigenvalue weighted by molar-refractivity contribution is 5.80. The molecule has 1 aromatic carbocycles. The number of benzene rings is 1. The van der Waals surface area contributed by atoms with Gasteiger partial charge in [-0.05, 0) is 26.2 Å². The molecule has 1 aromatic rings. The molecule has 0 aromatic heterocycles. The minimum absolute atomic E-state index is 0.00191.